The van der Waals surface area contributed by atoms with E-state index in [4.69, 9.17) is 4.74 Å². The molecule has 1 saturated heterocycles. The number of carbonyl (C=O) groups is 1. The molecular formula is C24H33N3O4S. The van der Waals surface area contributed by atoms with Crippen LogP contribution in [0.15, 0.2) is 48.5 Å². The Labute approximate surface area is 191 Å². The van der Waals surface area contributed by atoms with Gasteiger partial charge in [0.2, 0.25) is 15.9 Å². The van der Waals surface area contributed by atoms with E-state index in [1.807, 2.05) is 26.0 Å². The second-order valence-electron chi connectivity index (χ2n) is 8.12. The average Bonchev–Trinajstić information content (AvgIpc) is 2.78. The van der Waals surface area contributed by atoms with Crippen molar-refractivity contribution in [1.29, 1.82) is 0 Å². The Hall–Kier alpha value is -2.74. The van der Waals surface area contributed by atoms with Crippen LogP contribution >= 0.6 is 0 Å². The monoisotopic (exact) mass is 459 g/mol. The van der Waals surface area contributed by atoms with Gasteiger partial charge in [0.1, 0.15) is 12.3 Å². The van der Waals surface area contributed by atoms with Gasteiger partial charge in [-0.1, -0.05) is 12.1 Å². The molecule has 0 saturated carbocycles. The molecule has 1 atom stereocenters. The van der Waals surface area contributed by atoms with Crippen molar-refractivity contribution in [3.8, 4) is 5.75 Å². The Balaban J connectivity index is 1.64. The van der Waals surface area contributed by atoms with Crippen LogP contribution in [0.3, 0.4) is 0 Å². The van der Waals surface area contributed by atoms with E-state index in [2.05, 4.69) is 22.3 Å². The standard InChI is InChI=1S/C24H33N3O4S/c1-4-31-23-14-12-22(13-15-23)27(32(3,29)30)18-24(28)25-19(2)20-8-10-21(11-9-20)26-16-6-5-7-17-26/h8-15,19H,4-7,16-18H2,1-3H3,(H,25,28). The number of hydrogen-bond acceptors (Lipinski definition) is 5. The van der Waals surface area contributed by atoms with Crippen molar-refractivity contribution in [3.05, 3.63) is 54.1 Å². The van der Waals surface area contributed by atoms with Gasteiger partial charge in [-0.15, -0.1) is 0 Å². The maximum Gasteiger partial charge on any atom is 0.241 e. The van der Waals surface area contributed by atoms with Crippen LogP contribution in [-0.2, 0) is 14.8 Å². The number of ether oxygens (including phenoxy) is 1. The number of anilines is 2. The smallest absolute Gasteiger partial charge is 0.241 e. The predicted molar refractivity (Wildman–Crippen MR) is 129 cm³/mol. The van der Waals surface area contributed by atoms with Crippen molar-refractivity contribution < 1.29 is 17.9 Å². The zero-order valence-electron chi connectivity index (χ0n) is 19.1. The van der Waals surface area contributed by atoms with E-state index in [0.29, 0.717) is 18.0 Å². The van der Waals surface area contributed by atoms with E-state index in [0.717, 1.165) is 29.2 Å². The number of nitrogens with one attached hydrogen (secondary N) is 1. The van der Waals surface area contributed by atoms with Crippen molar-refractivity contribution >= 4 is 27.3 Å². The third-order valence-electron chi connectivity index (χ3n) is 5.62. The number of rotatable bonds is 9. The summed E-state index contributed by atoms with van der Waals surface area (Å²) in [5.41, 5.74) is 2.60. The molecule has 8 heteroatoms. The molecule has 174 valence electrons. The Bertz CT molecular complexity index is 985. The van der Waals surface area contributed by atoms with Gasteiger partial charge < -0.3 is 15.0 Å². The van der Waals surface area contributed by atoms with Crippen LogP contribution in [0.5, 0.6) is 5.75 Å². The predicted octanol–water partition coefficient (Wildman–Crippen LogP) is 3.72. The molecule has 1 unspecified atom stereocenters. The summed E-state index contributed by atoms with van der Waals surface area (Å²) in [6, 6.07) is 14.7. The fraction of sp³-hybridized carbons (Fsp3) is 0.458. The highest BCUT2D eigenvalue weighted by molar-refractivity contribution is 7.92. The van der Waals surface area contributed by atoms with Gasteiger partial charge in [-0.25, -0.2) is 8.42 Å². The largest absolute Gasteiger partial charge is 0.494 e. The second kappa shape index (κ2) is 10.7. The molecule has 1 fully saturated rings. The summed E-state index contributed by atoms with van der Waals surface area (Å²) in [6.45, 7) is 6.17. The van der Waals surface area contributed by atoms with E-state index in [-0.39, 0.29) is 18.5 Å². The molecule has 1 heterocycles. The fourth-order valence-electron chi connectivity index (χ4n) is 3.90. The van der Waals surface area contributed by atoms with Crippen molar-refractivity contribution in [2.45, 2.75) is 39.2 Å². The third-order valence-corrected chi connectivity index (χ3v) is 6.76. The molecule has 0 radical (unpaired) electrons. The summed E-state index contributed by atoms with van der Waals surface area (Å²) in [5.74, 6) is 0.285. The van der Waals surface area contributed by atoms with E-state index >= 15 is 0 Å². The van der Waals surface area contributed by atoms with Gasteiger partial charge in [-0.2, -0.15) is 0 Å². The second-order valence-corrected chi connectivity index (χ2v) is 10.0. The van der Waals surface area contributed by atoms with Crippen LogP contribution < -0.4 is 19.3 Å². The summed E-state index contributed by atoms with van der Waals surface area (Å²) in [5, 5.41) is 2.92. The summed E-state index contributed by atoms with van der Waals surface area (Å²) >= 11 is 0. The molecule has 7 nitrogen and oxygen atoms in total. The van der Waals surface area contributed by atoms with Crippen LogP contribution in [0.25, 0.3) is 0 Å². The molecule has 1 aliphatic heterocycles. The van der Waals surface area contributed by atoms with E-state index in [1.165, 1.54) is 24.9 Å². The highest BCUT2D eigenvalue weighted by atomic mass is 32.2. The Kier molecular flexibility index (Phi) is 8.01. The Morgan fingerprint density at radius 1 is 1.06 bits per heavy atom. The van der Waals surface area contributed by atoms with Gasteiger partial charge >= 0.3 is 0 Å². The molecule has 1 N–H and O–H groups in total. The molecule has 2 aromatic carbocycles. The molecule has 1 amide bonds. The number of benzene rings is 2. The molecule has 0 bridgehead atoms. The quantitative estimate of drug-likeness (QED) is 0.618. The minimum Gasteiger partial charge on any atom is -0.494 e. The number of piperidine rings is 1. The first-order valence-electron chi connectivity index (χ1n) is 11.1. The normalized spacial score (nSPS) is 15.2. The van der Waals surface area contributed by atoms with E-state index < -0.39 is 10.0 Å². The molecule has 2 aromatic rings. The number of carbonyl (C=O) groups excluding carboxylic acids is 1. The highest BCUT2D eigenvalue weighted by Gasteiger charge is 2.22. The van der Waals surface area contributed by atoms with Gasteiger partial charge in [0.15, 0.2) is 0 Å². The highest BCUT2D eigenvalue weighted by Crippen LogP contribution is 2.24. The lowest BCUT2D eigenvalue weighted by atomic mass is 10.1. The lowest BCUT2D eigenvalue weighted by Crippen LogP contribution is -2.41. The van der Waals surface area contributed by atoms with Crippen molar-refractivity contribution in [1.82, 2.24) is 5.32 Å². The van der Waals surface area contributed by atoms with Crippen LogP contribution in [0.1, 0.15) is 44.7 Å². The first-order chi connectivity index (χ1) is 15.3. The zero-order valence-corrected chi connectivity index (χ0v) is 19.9. The number of nitrogens with zero attached hydrogens (tertiary/aromatic N) is 2. The first kappa shape index (κ1) is 23.9. The van der Waals surface area contributed by atoms with Crippen molar-refractivity contribution in [3.63, 3.8) is 0 Å². The number of sulfonamides is 1. The van der Waals surface area contributed by atoms with Gasteiger partial charge in [0.25, 0.3) is 0 Å². The SMILES string of the molecule is CCOc1ccc(N(CC(=O)NC(C)c2ccc(N3CCCCC3)cc2)S(C)(=O)=O)cc1. The van der Waals surface area contributed by atoms with Crippen molar-refractivity contribution in [2.75, 3.05) is 41.7 Å². The number of hydrogen-bond donors (Lipinski definition) is 1. The minimum atomic E-state index is -3.63. The molecule has 1 aliphatic rings. The van der Waals surface area contributed by atoms with E-state index in [1.54, 1.807) is 24.3 Å². The molecule has 0 spiro atoms. The van der Waals surface area contributed by atoms with Gasteiger partial charge in [0, 0.05) is 18.8 Å². The summed E-state index contributed by atoms with van der Waals surface area (Å²) < 4.78 is 31.2. The van der Waals surface area contributed by atoms with Gasteiger partial charge in [-0.3, -0.25) is 9.10 Å². The first-order valence-corrected chi connectivity index (χ1v) is 13.0. The maximum absolute atomic E-state index is 12.7. The zero-order chi connectivity index (χ0) is 23.1. The summed E-state index contributed by atoms with van der Waals surface area (Å²) in [7, 11) is -3.63. The molecule has 32 heavy (non-hydrogen) atoms. The summed E-state index contributed by atoms with van der Waals surface area (Å²) in [4.78, 5) is 15.1. The summed E-state index contributed by atoms with van der Waals surface area (Å²) in [6.07, 6.45) is 4.83. The lowest BCUT2D eigenvalue weighted by Gasteiger charge is -2.29. The van der Waals surface area contributed by atoms with Gasteiger partial charge in [0.05, 0.1) is 24.6 Å². The Morgan fingerprint density at radius 2 is 1.69 bits per heavy atom. The van der Waals surface area contributed by atoms with Crippen LogP contribution in [-0.4, -0.2) is 46.8 Å². The fourth-order valence-corrected chi connectivity index (χ4v) is 4.76. The van der Waals surface area contributed by atoms with Crippen LogP contribution in [0.4, 0.5) is 11.4 Å². The molecular weight excluding hydrogens is 426 g/mol. The lowest BCUT2D eigenvalue weighted by molar-refractivity contribution is -0.120. The van der Waals surface area contributed by atoms with E-state index in [9.17, 15) is 13.2 Å². The minimum absolute atomic E-state index is 0.236. The molecule has 0 aliphatic carbocycles. The van der Waals surface area contributed by atoms with Crippen LogP contribution in [0, 0.1) is 0 Å². The topological polar surface area (TPSA) is 79.0 Å². The number of amides is 1. The molecule has 3 rings (SSSR count). The average molecular weight is 460 g/mol. The Morgan fingerprint density at radius 3 is 2.25 bits per heavy atom. The van der Waals surface area contributed by atoms with Gasteiger partial charge in [-0.05, 0) is 75.1 Å². The van der Waals surface area contributed by atoms with Crippen LogP contribution in [0.2, 0.25) is 0 Å². The maximum atomic E-state index is 12.7. The third kappa shape index (κ3) is 6.38. The van der Waals surface area contributed by atoms with Crippen molar-refractivity contribution in [2.24, 2.45) is 0 Å². The molecule has 0 aromatic heterocycles.